The lowest BCUT2D eigenvalue weighted by atomic mass is 9.69. The van der Waals surface area contributed by atoms with Crippen molar-refractivity contribution in [3.63, 3.8) is 0 Å². The number of hydrogen-bond acceptors (Lipinski definition) is 5. The lowest BCUT2D eigenvalue weighted by Crippen LogP contribution is -2.63. The van der Waals surface area contributed by atoms with Crippen LogP contribution in [0.5, 0.6) is 0 Å². The first-order chi connectivity index (χ1) is 14.9. The number of aromatic amines is 1. The Kier molecular flexibility index (Phi) is 4.81. The largest absolute Gasteiger partial charge is 0.347 e. The topological polar surface area (TPSA) is 88.5 Å². The first kappa shape index (κ1) is 19.8. The van der Waals surface area contributed by atoms with Crippen LogP contribution >= 0.6 is 0 Å². The third-order valence-corrected chi connectivity index (χ3v) is 6.68. The molecule has 8 heteroatoms. The van der Waals surface area contributed by atoms with Crippen LogP contribution in [0.2, 0.25) is 0 Å². The average molecular weight is 420 g/mol. The minimum atomic E-state index is -1.02. The van der Waals surface area contributed by atoms with Crippen molar-refractivity contribution in [2.24, 2.45) is 5.92 Å². The highest BCUT2D eigenvalue weighted by Crippen LogP contribution is 2.43. The van der Waals surface area contributed by atoms with Crippen molar-refractivity contribution in [2.45, 2.75) is 50.4 Å². The van der Waals surface area contributed by atoms with Gasteiger partial charge in [-0.3, -0.25) is 9.36 Å². The van der Waals surface area contributed by atoms with Crippen LogP contribution in [0.15, 0.2) is 54.5 Å². The molecule has 2 N–H and O–H groups in total. The number of H-pyrrole nitrogens is 1. The van der Waals surface area contributed by atoms with E-state index < -0.39 is 11.7 Å². The maximum Gasteiger partial charge on any atom is 0.193 e. The molecule has 1 unspecified atom stereocenters. The van der Waals surface area contributed by atoms with E-state index in [0.29, 0.717) is 40.8 Å². The molecule has 7 nitrogen and oxygen atoms in total. The van der Waals surface area contributed by atoms with E-state index >= 15 is 4.39 Å². The van der Waals surface area contributed by atoms with Gasteiger partial charge in [-0.1, -0.05) is 6.58 Å². The Morgan fingerprint density at radius 2 is 2.23 bits per heavy atom. The second-order valence-corrected chi connectivity index (χ2v) is 8.79. The van der Waals surface area contributed by atoms with Crippen molar-refractivity contribution in [3.05, 3.63) is 65.6 Å². The summed E-state index contributed by atoms with van der Waals surface area (Å²) in [6.45, 7) is 6.14. The number of hydrogen-bond donors (Lipinski definition) is 2. The van der Waals surface area contributed by atoms with Gasteiger partial charge in [0.05, 0.1) is 17.0 Å². The standard InChI is InChI=1S/C23H25FN6O/c1-14(16-10-15-4-3-7-23(2,27-15)22(16)24)18-5-6-19(29-28-18)17-12-26-21(11-20(17)31)30-9-8-25-13-30/h5-6,8-9,11-13,15-16,22,27H,1,3-4,7,10H2,2H3,(H,26,31)/t15?,16-,22-,23-/m0/s1. The molecule has 5 heterocycles. The number of pyridine rings is 1. The summed E-state index contributed by atoms with van der Waals surface area (Å²) in [6.07, 6.45) is 9.26. The van der Waals surface area contributed by atoms with E-state index in [1.165, 1.54) is 6.07 Å². The van der Waals surface area contributed by atoms with Gasteiger partial charge in [0.15, 0.2) is 5.43 Å². The lowest BCUT2D eigenvalue weighted by Gasteiger charge is -2.50. The van der Waals surface area contributed by atoms with Crippen LogP contribution in [0, 0.1) is 5.92 Å². The molecule has 160 valence electrons. The first-order valence-electron chi connectivity index (χ1n) is 10.6. The molecule has 0 aliphatic carbocycles. The summed E-state index contributed by atoms with van der Waals surface area (Å²) in [6, 6.07) is 5.33. The van der Waals surface area contributed by atoms with Crippen molar-refractivity contribution in [1.29, 1.82) is 0 Å². The molecule has 0 aromatic carbocycles. The average Bonchev–Trinajstić information content (AvgIpc) is 3.31. The van der Waals surface area contributed by atoms with Gasteiger partial charge in [-0.2, -0.15) is 5.10 Å². The van der Waals surface area contributed by atoms with Gasteiger partial charge in [0.2, 0.25) is 0 Å². The minimum Gasteiger partial charge on any atom is -0.347 e. The first-order valence-corrected chi connectivity index (χ1v) is 10.6. The summed E-state index contributed by atoms with van der Waals surface area (Å²) in [5, 5.41) is 12.0. The van der Waals surface area contributed by atoms with E-state index in [0.717, 1.165) is 19.3 Å². The Labute approximate surface area is 179 Å². The number of nitrogens with zero attached hydrogens (tertiary/aromatic N) is 4. The van der Waals surface area contributed by atoms with Crippen LogP contribution in [0.3, 0.4) is 0 Å². The van der Waals surface area contributed by atoms with Gasteiger partial charge in [-0.25, -0.2) is 9.37 Å². The number of fused-ring (bicyclic) bond motifs is 2. The molecule has 4 atom stereocenters. The number of nitrogens with one attached hydrogen (secondary N) is 2. The lowest BCUT2D eigenvalue weighted by molar-refractivity contribution is 0.0324. The number of imidazole rings is 1. The summed E-state index contributed by atoms with van der Waals surface area (Å²) < 4.78 is 17.1. The molecule has 5 rings (SSSR count). The number of allylic oxidation sites excluding steroid dienone is 1. The van der Waals surface area contributed by atoms with Crippen molar-refractivity contribution in [1.82, 2.24) is 30.0 Å². The van der Waals surface area contributed by atoms with E-state index in [4.69, 9.17) is 0 Å². The highest BCUT2D eigenvalue weighted by atomic mass is 19.1. The Morgan fingerprint density at radius 1 is 1.35 bits per heavy atom. The molecule has 0 saturated carbocycles. The summed E-state index contributed by atoms with van der Waals surface area (Å²) in [5.41, 5.74) is 1.45. The Bertz CT molecular complexity index is 1160. The molecular weight excluding hydrogens is 395 g/mol. The molecule has 31 heavy (non-hydrogen) atoms. The Morgan fingerprint density at radius 3 is 2.94 bits per heavy atom. The molecule has 2 fully saturated rings. The predicted octanol–water partition coefficient (Wildman–Crippen LogP) is 3.29. The Hall–Kier alpha value is -3.13. The van der Waals surface area contributed by atoms with Gasteiger partial charge < -0.3 is 10.3 Å². The molecule has 3 aromatic rings. The number of alkyl halides is 1. The van der Waals surface area contributed by atoms with Gasteiger partial charge in [0.25, 0.3) is 0 Å². The van der Waals surface area contributed by atoms with Crippen LogP contribution in [-0.4, -0.2) is 42.5 Å². The van der Waals surface area contributed by atoms with E-state index in [9.17, 15) is 4.79 Å². The fraction of sp³-hybridized carbons (Fsp3) is 0.391. The molecule has 0 amide bonds. The van der Waals surface area contributed by atoms with Crippen LogP contribution in [0.1, 0.15) is 38.3 Å². The van der Waals surface area contributed by atoms with Gasteiger partial charge >= 0.3 is 0 Å². The molecule has 2 aliphatic heterocycles. The minimum absolute atomic E-state index is 0.175. The molecule has 0 radical (unpaired) electrons. The summed E-state index contributed by atoms with van der Waals surface area (Å²) in [5.74, 6) is 0.331. The van der Waals surface area contributed by atoms with Crippen LogP contribution < -0.4 is 10.7 Å². The third kappa shape index (κ3) is 3.50. The second kappa shape index (κ2) is 7.53. The monoisotopic (exact) mass is 420 g/mol. The van der Waals surface area contributed by atoms with Gasteiger partial charge in [-0.05, 0) is 50.3 Å². The second-order valence-electron chi connectivity index (χ2n) is 8.79. The predicted molar refractivity (Wildman–Crippen MR) is 116 cm³/mol. The Balaban J connectivity index is 1.38. The number of aromatic nitrogens is 5. The molecule has 0 spiro atoms. The summed E-state index contributed by atoms with van der Waals surface area (Å²) in [4.78, 5) is 19.7. The molecule has 2 saturated heterocycles. The maximum absolute atomic E-state index is 15.4. The van der Waals surface area contributed by atoms with Crippen molar-refractivity contribution in [3.8, 4) is 17.1 Å². The molecule has 2 bridgehead atoms. The van der Waals surface area contributed by atoms with Gasteiger partial charge in [0, 0.05) is 42.2 Å². The maximum atomic E-state index is 15.4. The van der Waals surface area contributed by atoms with E-state index in [1.54, 1.807) is 41.6 Å². The zero-order chi connectivity index (χ0) is 21.6. The van der Waals surface area contributed by atoms with Gasteiger partial charge in [-0.15, -0.1) is 5.10 Å². The van der Waals surface area contributed by atoms with Crippen molar-refractivity contribution < 1.29 is 4.39 Å². The van der Waals surface area contributed by atoms with Gasteiger partial charge in [0.1, 0.15) is 18.3 Å². The highest BCUT2D eigenvalue weighted by molar-refractivity contribution is 5.65. The number of piperidine rings is 2. The van der Waals surface area contributed by atoms with E-state index in [-0.39, 0.29) is 11.3 Å². The number of halogens is 1. The van der Waals surface area contributed by atoms with E-state index in [1.807, 2.05) is 6.92 Å². The molecule has 3 aromatic heterocycles. The SMILES string of the molecule is C=C(c1ccc(-c2c[nH]c(-n3ccnc3)cc2=O)nn1)[C@@H]1CC2CCC[C@](C)(N2)[C@H]1F. The third-order valence-electron chi connectivity index (χ3n) is 6.68. The highest BCUT2D eigenvalue weighted by Gasteiger charge is 2.48. The normalized spacial score (nSPS) is 27.7. The number of rotatable bonds is 4. The van der Waals surface area contributed by atoms with Crippen LogP contribution in [0.25, 0.3) is 22.6 Å². The fourth-order valence-electron chi connectivity index (χ4n) is 4.96. The van der Waals surface area contributed by atoms with Crippen LogP contribution in [0.4, 0.5) is 4.39 Å². The van der Waals surface area contributed by atoms with Crippen molar-refractivity contribution in [2.75, 3.05) is 0 Å². The fourth-order valence-corrected chi connectivity index (χ4v) is 4.96. The van der Waals surface area contributed by atoms with E-state index in [2.05, 4.69) is 32.1 Å². The molecular formula is C23H25FN6O. The zero-order valence-electron chi connectivity index (χ0n) is 17.4. The zero-order valence-corrected chi connectivity index (χ0v) is 17.4. The van der Waals surface area contributed by atoms with Crippen LogP contribution in [-0.2, 0) is 0 Å². The summed E-state index contributed by atoms with van der Waals surface area (Å²) in [7, 11) is 0. The quantitative estimate of drug-likeness (QED) is 0.676. The van der Waals surface area contributed by atoms with Crippen molar-refractivity contribution >= 4 is 5.57 Å². The summed E-state index contributed by atoms with van der Waals surface area (Å²) >= 11 is 0. The smallest absolute Gasteiger partial charge is 0.193 e. The molecule has 2 aliphatic rings.